The van der Waals surface area contributed by atoms with Crippen molar-refractivity contribution in [2.75, 3.05) is 212 Å². The van der Waals surface area contributed by atoms with E-state index in [1.165, 1.54) is 90.3 Å². The number of rotatable bonds is 23. The lowest BCUT2D eigenvalue weighted by molar-refractivity contribution is 0.120. The Balaban J connectivity index is 0.000000113. The largest absolute Gasteiger partial charge is 0.439 e. The van der Waals surface area contributed by atoms with Crippen molar-refractivity contribution in [3.63, 3.8) is 0 Å². The molecule has 12 aromatic heterocycles. The Bertz CT molecular complexity index is 6910. The molecule has 1 saturated carbocycles. The van der Waals surface area contributed by atoms with E-state index in [2.05, 4.69) is 109 Å². The maximum atomic E-state index is 12.7. The summed E-state index contributed by atoms with van der Waals surface area (Å²) in [5.74, 6) is 8.44. The van der Waals surface area contributed by atoms with Crippen molar-refractivity contribution < 1.29 is 36.6 Å². The van der Waals surface area contributed by atoms with Crippen LogP contribution in [0.15, 0.2) is 229 Å². The van der Waals surface area contributed by atoms with Crippen molar-refractivity contribution in [1.82, 2.24) is 39.9 Å². The highest BCUT2D eigenvalue weighted by Crippen LogP contribution is 2.42. The second-order valence-electron chi connectivity index (χ2n) is 34.2. The molecule has 0 bridgehead atoms. The van der Waals surface area contributed by atoms with Crippen LogP contribution in [-0.2, 0) is 18.9 Å². The van der Waals surface area contributed by atoms with Crippen LogP contribution < -0.4 is 82.2 Å². The number of hydrogen-bond acceptors (Lipinski definition) is 36. The van der Waals surface area contributed by atoms with Crippen molar-refractivity contribution in [3.8, 4) is 44.5 Å². The third kappa shape index (κ3) is 21.1. The van der Waals surface area contributed by atoms with Crippen LogP contribution in [0.2, 0.25) is 0 Å². The van der Waals surface area contributed by atoms with Crippen molar-refractivity contribution in [1.29, 1.82) is 0 Å². The molecule has 6 saturated heterocycles. The first-order valence-corrected chi connectivity index (χ1v) is 50.1. The lowest BCUT2D eigenvalue weighted by atomic mass is 9.92. The van der Waals surface area contributed by atoms with Gasteiger partial charge in [0.15, 0.2) is 45.9 Å². The molecule has 7 aliphatic rings. The standard InChI is InChI=1S/C26H27N5O3S.2C25H25N5O3S.C25H27N5O3S/c1-30(19-3-2-4-19)22-9-10-27-26(29-22)28-18-7-5-17(6-8-18)20-16-35-25-21(32)15-23(34-24(20)25)31-11-13-33-14-12-31;2*31-20-15-22(30-11-13-32-14-12-30)33-23-19(16-34-24(20)23)17-3-5-18(6-4-17)27-25-26-8-7-21(28-25)29-9-1-2-10-29;1-3-10-29(2)21-8-9-26-25(28-21)27-18-6-4-17(5-7-18)19-16-34-24-20(31)15-22(33-23(19)24)30-11-13-32-14-12-30/h5-10,15-16,19H,2-4,11-14H2,1H3,(H,27,28,29);2*3-8,15-16H,1-2,9-14H2,(H,26,27,28);4-9,15-16H,3,10-14H2,1-2H3,(H,26,27,28). The van der Waals surface area contributed by atoms with Crippen molar-refractivity contribution >= 4 is 180 Å². The number of aromatic nitrogens is 8. The van der Waals surface area contributed by atoms with Crippen LogP contribution >= 0.6 is 45.3 Å². The summed E-state index contributed by atoms with van der Waals surface area (Å²) in [6.07, 6.45) is 16.7. The smallest absolute Gasteiger partial charge is 0.229 e. The van der Waals surface area contributed by atoms with Crippen LogP contribution in [0.25, 0.3) is 85.6 Å². The minimum Gasteiger partial charge on any atom is -0.439 e. The molecule has 18 heterocycles. The van der Waals surface area contributed by atoms with E-state index in [-0.39, 0.29) is 21.7 Å². The average molecular weight is 1920 g/mol. The molecule has 23 rings (SSSR count). The Morgan fingerprint density at radius 3 is 0.898 bits per heavy atom. The third-order valence-corrected chi connectivity index (χ3v) is 29.1. The first-order chi connectivity index (χ1) is 67.3. The molecule has 16 aromatic rings. The van der Waals surface area contributed by atoms with Crippen LogP contribution in [0.4, 0.5) is 93.4 Å². The minimum atomic E-state index is -0.0117. The molecule has 0 amide bonds. The summed E-state index contributed by atoms with van der Waals surface area (Å²) < 4.78 is 49.2. The quantitative estimate of drug-likeness (QED) is 0.0462. The molecule has 7 fully saturated rings. The molecular formula is C101H104N20O12S4. The van der Waals surface area contributed by atoms with Gasteiger partial charge < -0.3 is 97.1 Å². The summed E-state index contributed by atoms with van der Waals surface area (Å²) in [6, 6.07) is 46.8. The molecule has 36 heteroatoms. The monoisotopic (exact) mass is 1920 g/mol. The number of fused-ring (bicyclic) bond motifs is 4. The Morgan fingerprint density at radius 2 is 0.613 bits per heavy atom. The van der Waals surface area contributed by atoms with Gasteiger partial charge in [0.2, 0.25) is 45.5 Å². The summed E-state index contributed by atoms with van der Waals surface area (Å²) in [7, 11) is 4.12. The molecule has 137 heavy (non-hydrogen) atoms. The lowest BCUT2D eigenvalue weighted by Gasteiger charge is -2.35. The van der Waals surface area contributed by atoms with E-state index in [0.29, 0.717) is 174 Å². The minimum absolute atomic E-state index is 0.00712. The summed E-state index contributed by atoms with van der Waals surface area (Å²) in [5, 5.41) is 21.1. The number of nitrogens with zero attached hydrogens (tertiary/aromatic N) is 16. The van der Waals surface area contributed by atoms with Crippen molar-refractivity contribution in [3.05, 3.63) is 233 Å². The summed E-state index contributed by atoms with van der Waals surface area (Å²) in [5.41, 5.74) is 13.7. The first kappa shape index (κ1) is 91.1. The number of nitrogens with one attached hydrogen (secondary N) is 4. The number of anilines is 16. The Hall–Kier alpha value is -13.7. The lowest BCUT2D eigenvalue weighted by Crippen LogP contribution is -2.37. The normalized spacial score (nSPS) is 15.7. The molecule has 0 radical (unpaired) electrons. The number of ether oxygens (including phenoxy) is 4. The third-order valence-electron chi connectivity index (χ3n) is 25.2. The van der Waals surface area contributed by atoms with Crippen LogP contribution in [0, 0.1) is 0 Å². The van der Waals surface area contributed by atoms with Gasteiger partial charge in [-0.1, -0.05) is 55.5 Å². The van der Waals surface area contributed by atoms with Crippen molar-refractivity contribution in [2.24, 2.45) is 0 Å². The maximum absolute atomic E-state index is 12.7. The van der Waals surface area contributed by atoms with Gasteiger partial charge in [-0.15, -0.1) is 45.3 Å². The van der Waals surface area contributed by atoms with Crippen molar-refractivity contribution in [2.45, 2.75) is 64.3 Å². The fourth-order valence-electron chi connectivity index (χ4n) is 17.4. The average Bonchev–Trinajstić information content (AvgIpc) is 1.65. The summed E-state index contributed by atoms with van der Waals surface area (Å²) >= 11 is 5.68. The summed E-state index contributed by atoms with van der Waals surface area (Å²) in [4.78, 5) is 104. The van der Waals surface area contributed by atoms with Crippen LogP contribution in [-0.4, -0.2) is 198 Å². The van der Waals surface area contributed by atoms with Gasteiger partial charge in [0.05, 0.1) is 52.9 Å². The van der Waals surface area contributed by atoms with E-state index in [1.807, 2.05) is 150 Å². The Morgan fingerprint density at radius 1 is 0.336 bits per heavy atom. The highest BCUT2D eigenvalue weighted by Gasteiger charge is 2.28. The maximum Gasteiger partial charge on any atom is 0.229 e. The molecule has 1 aliphatic carbocycles. The molecule has 704 valence electrons. The van der Waals surface area contributed by atoms with Gasteiger partial charge in [0, 0.05) is 221 Å². The van der Waals surface area contributed by atoms with Gasteiger partial charge in [-0.25, -0.2) is 19.9 Å². The van der Waals surface area contributed by atoms with Gasteiger partial charge >= 0.3 is 0 Å². The topological polar surface area (TPSA) is 335 Å². The van der Waals surface area contributed by atoms with Crippen LogP contribution in [0.5, 0.6) is 0 Å². The summed E-state index contributed by atoms with van der Waals surface area (Å²) in [6.45, 7) is 18.1. The van der Waals surface area contributed by atoms with E-state index >= 15 is 0 Å². The van der Waals surface area contributed by atoms with E-state index in [9.17, 15) is 19.2 Å². The molecule has 0 unspecified atom stereocenters. The predicted octanol–water partition coefficient (Wildman–Crippen LogP) is 18.6. The number of thiophene rings is 4. The van der Waals surface area contributed by atoms with Gasteiger partial charge in [-0.3, -0.25) is 19.2 Å². The number of hydrogen-bond donors (Lipinski definition) is 4. The highest BCUT2D eigenvalue weighted by molar-refractivity contribution is 7.18. The molecule has 6 aliphatic heterocycles. The molecule has 4 aromatic carbocycles. The van der Waals surface area contributed by atoms with Crippen LogP contribution in [0.1, 0.15) is 58.3 Å². The second-order valence-corrected chi connectivity index (χ2v) is 37.7. The fraction of sp³-hybridized carbons (Fsp3) is 0.327. The van der Waals surface area contributed by atoms with E-state index in [1.54, 1.807) is 49.1 Å². The highest BCUT2D eigenvalue weighted by atomic mass is 32.1. The molecular weight excluding hydrogens is 1810 g/mol. The molecule has 4 N–H and O–H groups in total. The SMILES string of the molecule is CCCN(C)c1ccnc(Nc2ccc(-c3csc4c(=O)cc(N5CCOCC5)oc34)cc2)n1.CN(c1ccnc(Nc2ccc(-c3csc4c(=O)cc(N5CCOCC5)oc34)cc2)n1)C1CCC1.O=c1cc(N2CCOCC2)oc2c(-c3ccc(Nc4nccc(N5CCCC5)n4)cc3)csc12.O=c1cc(N2CCOCC2)oc2c(-c3ccc(Nc4nccc(N5CCCC5)n4)cc3)csc12. The Labute approximate surface area is 805 Å². The second kappa shape index (κ2) is 42.3. The predicted molar refractivity (Wildman–Crippen MR) is 549 cm³/mol. The molecule has 32 nitrogen and oxygen atoms in total. The van der Waals surface area contributed by atoms with E-state index in [0.717, 1.165) is 156 Å². The zero-order valence-corrected chi connectivity index (χ0v) is 79.5. The van der Waals surface area contributed by atoms with Gasteiger partial charge in [-0.2, -0.15) is 19.9 Å². The van der Waals surface area contributed by atoms with Crippen LogP contribution in [0.3, 0.4) is 0 Å². The molecule has 0 atom stereocenters. The van der Waals surface area contributed by atoms with Gasteiger partial charge in [0.1, 0.15) is 42.1 Å². The fourth-order valence-corrected chi connectivity index (χ4v) is 21.1. The number of morpholine rings is 4. The van der Waals surface area contributed by atoms with E-state index in [4.69, 9.17) is 41.6 Å². The van der Waals surface area contributed by atoms with E-state index < -0.39 is 0 Å². The number of benzene rings is 4. The van der Waals surface area contributed by atoms with Gasteiger partial charge in [-0.05, 0) is 146 Å². The molecule has 0 spiro atoms. The Kier molecular flexibility index (Phi) is 28.1. The first-order valence-electron chi connectivity index (χ1n) is 46.5. The zero-order valence-electron chi connectivity index (χ0n) is 76.2. The van der Waals surface area contributed by atoms with Gasteiger partial charge in [0.25, 0.3) is 0 Å². The zero-order chi connectivity index (χ0) is 93.1.